The van der Waals surface area contributed by atoms with Gasteiger partial charge in [0, 0.05) is 6.04 Å². The molecular weight excluding hydrogens is 134 g/mol. The molecule has 0 N–H and O–H groups in total. The molecule has 0 unspecified atom stereocenters. The van der Waals surface area contributed by atoms with E-state index in [0.29, 0.717) is 0 Å². The van der Waals surface area contributed by atoms with Crippen LogP contribution in [0.25, 0.3) is 0 Å². The highest BCUT2D eigenvalue weighted by molar-refractivity contribution is 4.58. The van der Waals surface area contributed by atoms with Gasteiger partial charge in [-0.1, -0.05) is 32.6 Å². The summed E-state index contributed by atoms with van der Waals surface area (Å²) in [5, 5.41) is 0. The van der Waals surface area contributed by atoms with Crippen LogP contribution in [0.4, 0.5) is 0 Å². The molecule has 0 fully saturated rings. The van der Waals surface area contributed by atoms with Crippen molar-refractivity contribution in [2.24, 2.45) is 0 Å². The lowest BCUT2D eigenvalue weighted by atomic mass is 10.1. The molecule has 0 aliphatic rings. The third kappa shape index (κ3) is 6.36. The van der Waals surface area contributed by atoms with Crippen LogP contribution in [0, 0.1) is 0 Å². The van der Waals surface area contributed by atoms with E-state index < -0.39 is 0 Å². The second-order valence-corrected chi connectivity index (χ2v) is 3.66. The predicted octanol–water partition coefficient (Wildman–Crippen LogP) is 2.91. The van der Waals surface area contributed by atoms with E-state index >= 15 is 0 Å². The first-order chi connectivity index (χ1) is 5.18. The second kappa shape index (κ2) is 6.66. The van der Waals surface area contributed by atoms with E-state index in [4.69, 9.17) is 0 Å². The minimum Gasteiger partial charge on any atom is -0.307 e. The Hall–Kier alpha value is -0.0400. The molecule has 0 radical (unpaired) electrons. The fourth-order valence-electron chi connectivity index (χ4n) is 1.12. The van der Waals surface area contributed by atoms with Gasteiger partial charge in [-0.2, -0.15) is 0 Å². The summed E-state index contributed by atoms with van der Waals surface area (Å²) in [6.07, 6.45) is 6.91. The second-order valence-electron chi connectivity index (χ2n) is 3.66. The molecule has 0 saturated heterocycles. The quantitative estimate of drug-likeness (QED) is 0.536. The first-order valence-corrected chi connectivity index (χ1v) is 4.85. The lowest BCUT2D eigenvalue weighted by molar-refractivity contribution is 0.291. The molecule has 11 heavy (non-hydrogen) atoms. The topological polar surface area (TPSA) is 3.24 Å². The van der Waals surface area contributed by atoms with Gasteiger partial charge in [-0.25, -0.2) is 0 Å². The van der Waals surface area contributed by atoms with Crippen LogP contribution in [0.5, 0.6) is 0 Å². The summed E-state index contributed by atoms with van der Waals surface area (Å²) >= 11 is 0. The van der Waals surface area contributed by atoms with Gasteiger partial charge in [0.25, 0.3) is 0 Å². The van der Waals surface area contributed by atoms with Crippen molar-refractivity contribution in [3.8, 4) is 0 Å². The maximum Gasteiger partial charge on any atom is 0.00608 e. The van der Waals surface area contributed by atoms with Crippen LogP contribution >= 0.6 is 0 Å². The van der Waals surface area contributed by atoms with Crippen molar-refractivity contribution in [3.63, 3.8) is 0 Å². The lowest BCUT2D eigenvalue weighted by Crippen LogP contribution is -2.24. The molecule has 0 spiro atoms. The van der Waals surface area contributed by atoms with E-state index in [0.717, 1.165) is 6.04 Å². The molecule has 0 aromatic rings. The predicted molar refractivity (Wildman–Crippen MR) is 51.9 cm³/mol. The summed E-state index contributed by atoms with van der Waals surface area (Å²) in [7, 11) is 4.31. The Morgan fingerprint density at radius 3 is 2.18 bits per heavy atom. The van der Waals surface area contributed by atoms with E-state index in [1.807, 2.05) is 0 Å². The highest BCUT2D eigenvalue weighted by Gasteiger charge is 2.02. The van der Waals surface area contributed by atoms with Gasteiger partial charge in [0.15, 0.2) is 0 Å². The van der Waals surface area contributed by atoms with Crippen LogP contribution in [0.1, 0.15) is 46.0 Å². The van der Waals surface area contributed by atoms with Gasteiger partial charge in [0.1, 0.15) is 0 Å². The van der Waals surface area contributed by atoms with Crippen molar-refractivity contribution < 1.29 is 0 Å². The Bertz CT molecular complexity index is 78.9. The van der Waals surface area contributed by atoms with Gasteiger partial charge in [0.05, 0.1) is 0 Å². The van der Waals surface area contributed by atoms with Gasteiger partial charge in [-0.15, -0.1) is 0 Å². The average molecular weight is 157 g/mol. The molecule has 0 heterocycles. The summed E-state index contributed by atoms with van der Waals surface area (Å²) in [6, 6.07) is 0.756. The summed E-state index contributed by atoms with van der Waals surface area (Å²) in [5.41, 5.74) is 0. The Morgan fingerprint density at radius 1 is 1.09 bits per heavy atom. The smallest absolute Gasteiger partial charge is 0.00608 e. The Labute approximate surface area is 71.8 Å². The number of hydrogen-bond acceptors (Lipinski definition) is 1. The van der Waals surface area contributed by atoms with E-state index in [1.54, 1.807) is 0 Å². The number of unbranched alkanes of at least 4 members (excludes halogenated alkanes) is 3. The van der Waals surface area contributed by atoms with Gasteiger partial charge in [0.2, 0.25) is 0 Å². The molecule has 0 saturated carbocycles. The summed E-state index contributed by atoms with van der Waals surface area (Å²) in [6.45, 7) is 4.56. The van der Waals surface area contributed by atoms with Crippen molar-refractivity contribution in [1.29, 1.82) is 0 Å². The van der Waals surface area contributed by atoms with Crippen LogP contribution in [0.15, 0.2) is 0 Å². The Balaban J connectivity index is 3.10. The minimum atomic E-state index is 0.756. The number of hydrogen-bond donors (Lipinski definition) is 0. The van der Waals surface area contributed by atoms with E-state index in [-0.39, 0.29) is 0 Å². The minimum absolute atomic E-state index is 0.756. The largest absolute Gasteiger partial charge is 0.307 e. The first-order valence-electron chi connectivity index (χ1n) is 4.85. The molecule has 0 aromatic carbocycles. The van der Waals surface area contributed by atoms with Gasteiger partial charge in [-0.3, -0.25) is 0 Å². The highest BCUT2D eigenvalue weighted by atomic mass is 15.1. The van der Waals surface area contributed by atoms with E-state index in [1.165, 1.54) is 32.1 Å². The molecule has 68 valence electrons. The van der Waals surface area contributed by atoms with Crippen LogP contribution < -0.4 is 0 Å². The molecule has 0 aliphatic heterocycles. The molecule has 0 aliphatic carbocycles. The maximum absolute atomic E-state index is 2.30. The van der Waals surface area contributed by atoms with Gasteiger partial charge in [-0.05, 0) is 27.4 Å². The average Bonchev–Trinajstić information content (AvgIpc) is 1.97. The number of nitrogens with zero attached hydrogens (tertiary/aromatic N) is 1. The fraction of sp³-hybridized carbons (Fsp3) is 1.00. The maximum atomic E-state index is 2.30. The molecule has 0 rings (SSSR count). The number of rotatable bonds is 6. The van der Waals surface area contributed by atoms with Crippen molar-refractivity contribution in [1.82, 2.24) is 4.90 Å². The van der Waals surface area contributed by atoms with Crippen LogP contribution in [-0.2, 0) is 0 Å². The first kappa shape index (κ1) is 11.0. The van der Waals surface area contributed by atoms with Crippen molar-refractivity contribution >= 4 is 0 Å². The third-order valence-corrected chi connectivity index (χ3v) is 2.36. The van der Waals surface area contributed by atoms with Crippen LogP contribution in [0.3, 0.4) is 0 Å². The van der Waals surface area contributed by atoms with Crippen molar-refractivity contribution in [2.45, 2.75) is 52.0 Å². The molecule has 0 amide bonds. The van der Waals surface area contributed by atoms with Crippen molar-refractivity contribution in [3.05, 3.63) is 0 Å². The van der Waals surface area contributed by atoms with Crippen LogP contribution in [0.2, 0.25) is 0 Å². The summed E-state index contributed by atoms with van der Waals surface area (Å²) in [5.74, 6) is 0. The molecular formula is C10H23N. The van der Waals surface area contributed by atoms with E-state index in [9.17, 15) is 0 Å². The van der Waals surface area contributed by atoms with Crippen LogP contribution in [-0.4, -0.2) is 25.0 Å². The molecule has 0 bridgehead atoms. The zero-order valence-corrected chi connectivity index (χ0v) is 8.56. The molecule has 1 nitrogen and oxygen atoms in total. The monoisotopic (exact) mass is 157 g/mol. The molecule has 1 heteroatoms. The van der Waals surface area contributed by atoms with E-state index in [2.05, 4.69) is 32.8 Å². The molecule has 1 atom stereocenters. The third-order valence-electron chi connectivity index (χ3n) is 2.36. The standard InChI is InChI=1S/C10H23N/c1-5-6-7-8-9-10(2)11(3)4/h10H,5-9H2,1-4H3/t10-/m1/s1. The molecule has 0 aromatic heterocycles. The summed E-state index contributed by atoms with van der Waals surface area (Å²) in [4.78, 5) is 2.30. The normalized spacial score (nSPS) is 13.9. The Morgan fingerprint density at radius 2 is 1.73 bits per heavy atom. The summed E-state index contributed by atoms with van der Waals surface area (Å²) < 4.78 is 0. The fourth-order valence-corrected chi connectivity index (χ4v) is 1.12. The van der Waals surface area contributed by atoms with Gasteiger partial charge >= 0.3 is 0 Å². The zero-order valence-electron chi connectivity index (χ0n) is 8.56. The van der Waals surface area contributed by atoms with Gasteiger partial charge < -0.3 is 4.90 Å². The Kier molecular flexibility index (Phi) is 6.63. The highest BCUT2D eigenvalue weighted by Crippen LogP contribution is 2.07. The zero-order chi connectivity index (χ0) is 8.69. The SMILES string of the molecule is CCCCCC[C@@H](C)N(C)C. The lowest BCUT2D eigenvalue weighted by Gasteiger charge is -2.19. The van der Waals surface area contributed by atoms with Crippen molar-refractivity contribution in [2.75, 3.05) is 14.1 Å².